The molecule has 4 heteroatoms. The van der Waals surface area contributed by atoms with Crippen molar-refractivity contribution in [3.63, 3.8) is 0 Å². The number of hydrogen-bond acceptors (Lipinski definition) is 3. The van der Waals surface area contributed by atoms with Crippen LogP contribution in [0.25, 0.3) is 16.1 Å². The highest BCUT2D eigenvalue weighted by Crippen LogP contribution is 2.29. The molecule has 0 spiro atoms. The molecule has 0 bridgehead atoms. The maximum absolute atomic E-state index is 9.54. The van der Waals surface area contributed by atoms with Crippen LogP contribution < -0.4 is 9.64 Å². The summed E-state index contributed by atoms with van der Waals surface area (Å²) in [5.41, 5.74) is 3.19. The van der Waals surface area contributed by atoms with Gasteiger partial charge in [-0.25, -0.2) is 4.85 Å². The van der Waals surface area contributed by atoms with E-state index in [-0.39, 0.29) is 0 Å². The third-order valence-electron chi connectivity index (χ3n) is 3.50. The number of nitriles is 1. The normalized spacial score (nSPS) is 11.0. The lowest BCUT2D eigenvalue weighted by Crippen LogP contribution is -2.08. The molecule has 2 rings (SSSR count). The van der Waals surface area contributed by atoms with Gasteiger partial charge in [0.25, 0.3) is 0 Å². The van der Waals surface area contributed by atoms with Gasteiger partial charge in [0, 0.05) is 19.8 Å². The Bertz CT molecular complexity index is 788. The molecule has 0 atom stereocenters. The molecule has 0 fully saturated rings. The molecule has 23 heavy (non-hydrogen) atoms. The SMILES string of the molecule is [C-]#[N+]C(=C(C#N)c1ccc(N(C)C)cc1)c1ccc(OC)cc1. The molecule has 0 amide bonds. The van der Waals surface area contributed by atoms with E-state index in [1.165, 1.54) is 0 Å². The van der Waals surface area contributed by atoms with Crippen LogP contribution in [0, 0.1) is 17.9 Å². The summed E-state index contributed by atoms with van der Waals surface area (Å²) >= 11 is 0. The van der Waals surface area contributed by atoms with Gasteiger partial charge in [-0.05, 0) is 35.4 Å². The van der Waals surface area contributed by atoms with Gasteiger partial charge in [0.2, 0.25) is 5.70 Å². The fraction of sp³-hybridized carbons (Fsp3) is 0.158. The van der Waals surface area contributed by atoms with Crippen LogP contribution in [0.2, 0.25) is 0 Å². The van der Waals surface area contributed by atoms with Crippen molar-refractivity contribution in [1.29, 1.82) is 5.26 Å². The Labute approximate surface area is 136 Å². The average Bonchev–Trinajstić information content (AvgIpc) is 2.60. The van der Waals surface area contributed by atoms with Crippen LogP contribution in [0.5, 0.6) is 5.75 Å². The van der Waals surface area contributed by atoms with Crippen LogP contribution in [0.1, 0.15) is 11.1 Å². The number of methoxy groups -OCH3 is 1. The highest BCUT2D eigenvalue weighted by molar-refractivity contribution is 5.99. The predicted octanol–water partition coefficient (Wildman–Crippen LogP) is 4.07. The molecule has 0 aliphatic heterocycles. The van der Waals surface area contributed by atoms with Crippen molar-refractivity contribution < 1.29 is 4.74 Å². The second-order valence-electron chi connectivity index (χ2n) is 5.12. The molecule has 114 valence electrons. The molecular weight excluding hydrogens is 286 g/mol. The first kappa shape index (κ1) is 16.1. The van der Waals surface area contributed by atoms with Gasteiger partial charge in [0.05, 0.1) is 25.3 Å². The number of hydrogen-bond donors (Lipinski definition) is 0. The van der Waals surface area contributed by atoms with Crippen molar-refractivity contribution in [3.05, 3.63) is 71.1 Å². The van der Waals surface area contributed by atoms with Gasteiger partial charge in [-0.15, -0.1) is 0 Å². The van der Waals surface area contributed by atoms with Gasteiger partial charge >= 0.3 is 0 Å². The third kappa shape index (κ3) is 3.51. The lowest BCUT2D eigenvalue weighted by atomic mass is 10.0. The number of nitrogens with zero attached hydrogens (tertiary/aromatic N) is 3. The highest BCUT2D eigenvalue weighted by Gasteiger charge is 2.12. The summed E-state index contributed by atoms with van der Waals surface area (Å²) in [5.74, 6) is 0.715. The number of allylic oxidation sites excluding steroid dienone is 1. The Kier molecular flexibility index (Phi) is 5.02. The lowest BCUT2D eigenvalue weighted by Gasteiger charge is -2.13. The quantitative estimate of drug-likeness (QED) is 0.485. The molecule has 0 heterocycles. The summed E-state index contributed by atoms with van der Waals surface area (Å²) in [6.07, 6.45) is 0. The standard InChI is InChI=1S/C19H17N3O/c1-21-19(15-7-11-17(23-4)12-8-15)18(13-20)14-5-9-16(10-6-14)22(2)3/h5-12H,2-4H3. The maximum atomic E-state index is 9.54. The fourth-order valence-electron chi connectivity index (χ4n) is 2.19. The first-order valence-electron chi connectivity index (χ1n) is 7.04. The molecule has 4 nitrogen and oxygen atoms in total. The second-order valence-corrected chi connectivity index (χ2v) is 5.12. The minimum absolute atomic E-state index is 0.341. The van der Waals surface area contributed by atoms with Crippen LogP contribution >= 0.6 is 0 Å². The van der Waals surface area contributed by atoms with E-state index in [1.54, 1.807) is 31.4 Å². The smallest absolute Gasteiger partial charge is 0.212 e. The number of benzene rings is 2. The van der Waals surface area contributed by atoms with Gasteiger partial charge < -0.3 is 9.64 Å². The topological polar surface area (TPSA) is 40.6 Å². The molecule has 0 saturated carbocycles. The molecule has 0 aliphatic rings. The van der Waals surface area contributed by atoms with E-state index in [1.807, 2.05) is 43.3 Å². The predicted molar refractivity (Wildman–Crippen MR) is 92.8 cm³/mol. The monoisotopic (exact) mass is 303 g/mol. The van der Waals surface area contributed by atoms with E-state index < -0.39 is 0 Å². The van der Waals surface area contributed by atoms with Gasteiger partial charge in [-0.1, -0.05) is 24.3 Å². The van der Waals surface area contributed by atoms with E-state index in [4.69, 9.17) is 11.3 Å². The van der Waals surface area contributed by atoms with Crippen molar-refractivity contribution in [2.75, 3.05) is 26.1 Å². The Morgan fingerprint density at radius 3 is 2.04 bits per heavy atom. The molecule has 0 N–H and O–H groups in total. The first-order valence-corrected chi connectivity index (χ1v) is 7.04. The third-order valence-corrected chi connectivity index (χ3v) is 3.50. The largest absolute Gasteiger partial charge is 0.497 e. The van der Waals surface area contributed by atoms with E-state index in [0.29, 0.717) is 22.6 Å². The van der Waals surface area contributed by atoms with E-state index in [2.05, 4.69) is 10.9 Å². The molecule has 0 radical (unpaired) electrons. The van der Waals surface area contributed by atoms with Gasteiger partial charge in [-0.2, -0.15) is 5.26 Å². The highest BCUT2D eigenvalue weighted by atomic mass is 16.5. The minimum atomic E-state index is 0.341. The summed E-state index contributed by atoms with van der Waals surface area (Å²) in [7, 11) is 5.50. The van der Waals surface area contributed by atoms with E-state index >= 15 is 0 Å². The molecule has 0 aromatic heterocycles. The Hall–Kier alpha value is -3.24. The zero-order valence-electron chi connectivity index (χ0n) is 13.4. The lowest BCUT2D eigenvalue weighted by molar-refractivity contribution is 0.415. The molecule has 0 saturated heterocycles. The van der Waals surface area contributed by atoms with Crippen LogP contribution in [-0.4, -0.2) is 21.2 Å². The molecule has 2 aromatic carbocycles. The van der Waals surface area contributed by atoms with Crippen molar-refractivity contribution in [3.8, 4) is 11.8 Å². The Morgan fingerprint density at radius 2 is 1.61 bits per heavy atom. The van der Waals surface area contributed by atoms with Crippen molar-refractivity contribution >= 4 is 17.0 Å². The molecule has 2 aromatic rings. The zero-order chi connectivity index (χ0) is 16.8. The zero-order valence-corrected chi connectivity index (χ0v) is 13.4. The number of anilines is 1. The average molecular weight is 303 g/mol. The minimum Gasteiger partial charge on any atom is -0.497 e. The fourth-order valence-corrected chi connectivity index (χ4v) is 2.19. The van der Waals surface area contributed by atoms with Crippen molar-refractivity contribution in [1.82, 2.24) is 0 Å². The molecule has 0 aliphatic carbocycles. The summed E-state index contributed by atoms with van der Waals surface area (Å²) in [6, 6.07) is 16.9. The summed E-state index contributed by atoms with van der Waals surface area (Å²) in [6.45, 7) is 7.47. The summed E-state index contributed by atoms with van der Waals surface area (Å²) in [5, 5.41) is 9.54. The molecule has 0 unspecified atom stereocenters. The maximum Gasteiger partial charge on any atom is 0.212 e. The summed E-state index contributed by atoms with van der Waals surface area (Å²) in [4.78, 5) is 5.56. The van der Waals surface area contributed by atoms with Crippen molar-refractivity contribution in [2.24, 2.45) is 0 Å². The Balaban J connectivity index is 2.51. The van der Waals surface area contributed by atoms with Crippen LogP contribution in [0.4, 0.5) is 5.69 Å². The number of rotatable bonds is 4. The summed E-state index contributed by atoms with van der Waals surface area (Å²) < 4.78 is 5.13. The molecular formula is C19H17N3O. The van der Waals surface area contributed by atoms with Crippen molar-refractivity contribution in [2.45, 2.75) is 0 Å². The van der Waals surface area contributed by atoms with Crippen LogP contribution in [0.3, 0.4) is 0 Å². The van der Waals surface area contributed by atoms with Gasteiger partial charge in [0.15, 0.2) is 0 Å². The number of ether oxygens (including phenoxy) is 1. The van der Waals surface area contributed by atoms with Crippen LogP contribution in [-0.2, 0) is 0 Å². The Morgan fingerprint density at radius 1 is 1.04 bits per heavy atom. The van der Waals surface area contributed by atoms with E-state index in [0.717, 1.165) is 11.3 Å². The van der Waals surface area contributed by atoms with E-state index in [9.17, 15) is 5.26 Å². The first-order chi connectivity index (χ1) is 11.1. The van der Waals surface area contributed by atoms with Crippen LogP contribution in [0.15, 0.2) is 48.5 Å². The van der Waals surface area contributed by atoms with Gasteiger partial charge in [-0.3, -0.25) is 0 Å². The second kappa shape index (κ2) is 7.15. The van der Waals surface area contributed by atoms with Gasteiger partial charge in [0.1, 0.15) is 5.75 Å².